The summed E-state index contributed by atoms with van der Waals surface area (Å²) in [6.45, 7) is 5.45. The molecule has 9 heteroatoms. The standard InChI is InChI=1S/C31H37N5O4/c1-20-4-5-25(28(14-20)40-3)19-35-29(37)10-12-34(31(35)39)27-18-32-36-13-9-23(17-26(27)36)16-22-8-11-33(21(2)15-22)30(38)24-6-7-24/h4-5,9,13-14,17-18,21-22,24H,6-8,10-12,15-16,19H2,1-3H3/t21-,22+/m0/s1. The fraction of sp³-hybridized carbons (Fsp3) is 0.484. The number of nitrogens with zero attached hydrogens (tertiary/aromatic N) is 5. The van der Waals surface area contributed by atoms with Crippen LogP contribution in [0.25, 0.3) is 5.52 Å². The number of rotatable bonds is 7. The van der Waals surface area contributed by atoms with E-state index in [2.05, 4.69) is 29.1 Å². The van der Waals surface area contributed by atoms with E-state index in [0.29, 0.717) is 29.8 Å². The van der Waals surface area contributed by atoms with E-state index in [4.69, 9.17) is 4.74 Å². The van der Waals surface area contributed by atoms with E-state index in [1.807, 2.05) is 31.3 Å². The summed E-state index contributed by atoms with van der Waals surface area (Å²) in [5, 5.41) is 4.50. The molecule has 0 unspecified atom stereocenters. The van der Waals surface area contributed by atoms with Gasteiger partial charge in [0.1, 0.15) is 5.75 Å². The summed E-state index contributed by atoms with van der Waals surface area (Å²) in [5.41, 5.74) is 4.58. The Kier molecular flexibility index (Phi) is 6.98. The molecule has 2 saturated heterocycles. The molecule has 0 spiro atoms. The van der Waals surface area contributed by atoms with Gasteiger partial charge in [-0.25, -0.2) is 9.31 Å². The Morgan fingerprint density at radius 3 is 2.67 bits per heavy atom. The zero-order valence-electron chi connectivity index (χ0n) is 23.5. The molecule has 9 nitrogen and oxygen atoms in total. The number of carbonyl (C=O) groups is 3. The zero-order valence-corrected chi connectivity index (χ0v) is 23.5. The van der Waals surface area contributed by atoms with Crippen molar-refractivity contribution in [1.29, 1.82) is 0 Å². The van der Waals surface area contributed by atoms with Crippen LogP contribution in [-0.2, 0) is 22.6 Å². The second-order valence-electron chi connectivity index (χ2n) is 11.6. The molecule has 40 heavy (non-hydrogen) atoms. The first-order valence-electron chi connectivity index (χ1n) is 14.3. The molecule has 6 rings (SSSR count). The highest BCUT2D eigenvalue weighted by atomic mass is 16.5. The largest absolute Gasteiger partial charge is 0.496 e. The third-order valence-electron chi connectivity index (χ3n) is 8.66. The van der Waals surface area contributed by atoms with Gasteiger partial charge in [-0.3, -0.25) is 19.4 Å². The number of imide groups is 1. The minimum absolute atomic E-state index is 0.155. The van der Waals surface area contributed by atoms with E-state index in [1.54, 1.807) is 22.7 Å². The van der Waals surface area contributed by atoms with Crippen molar-refractivity contribution in [2.75, 3.05) is 25.1 Å². The van der Waals surface area contributed by atoms with Crippen molar-refractivity contribution in [3.63, 3.8) is 0 Å². The lowest BCUT2D eigenvalue weighted by Gasteiger charge is -2.38. The van der Waals surface area contributed by atoms with E-state index >= 15 is 0 Å². The number of fused-ring (bicyclic) bond motifs is 1. The molecule has 3 aromatic rings. The molecule has 4 amide bonds. The Balaban J connectivity index is 1.19. The molecule has 0 radical (unpaired) electrons. The number of pyridine rings is 1. The predicted molar refractivity (Wildman–Crippen MR) is 151 cm³/mol. The van der Waals surface area contributed by atoms with Crippen molar-refractivity contribution in [3.8, 4) is 5.75 Å². The van der Waals surface area contributed by atoms with Crippen molar-refractivity contribution in [2.24, 2.45) is 11.8 Å². The molecule has 3 fully saturated rings. The second kappa shape index (κ2) is 10.6. The first-order chi connectivity index (χ1) is 19.3. The number of anilines is 1. The molecule has 2 aliphatic heterocycles. The van der Waals surface area contributed by atoms with Gasteiger partial charge in [0, 0.05) is 43.2 Å². The number of aryl methyl sites for hydroxylation is 1. The Hall–Kier alpha value is -3.88. The fourth-order valence-corrected chi connectivity index (χ4v) is 6.25. The highest BCUT2D eigenvalue weighted by Crippen LogP contribution is 2.35. The molecule has 2 aromatic heterocycles. The lowest BCUT2D eigenvalue weighted by atomic mass is 9.86. The van der Waals surface area contributed by atoms with Gasteiger partial charge in [0.05, 0.1) is 31.1 Å². The molecule has 1 aromatic carbocycles. The minimum Gasteiger partial charge on any atom is -0.496 e. The number of aromatic nitrogens is 2. The van der Waals surface area contributed by atoms with Gasteiger partial charge in [-0.15, -0.1) is 0 Å². The normalized spacial score (nSPS) is 21.8. The van der Waals surface area contributed by atoms with Gasteiger partial charge in [0.15, 0.2) is 0 Å². The van der Waals surface area contributed by atoms with Crippen molar-refractivity contribution in [3.05, 3.63) is 59.4 Å². The molecule has 0 bridgehead atoms. The monoisotopic (exact) mass is 543 g/mol. The number of ether oxygens (including phenoxy) is 1. The van der Waals surface area contributed by atoms with Crippen LogP contribution in [0.4, 0.5) is 10.5 Å². The number of hydrogen-bond acceptors (Lipinski definition) is 5. The molecular weight excluding hydrogens is 506 g/mol. The lowest BCUT2D eigenvalue weighted by Crippen LogP contribution is -2.52. The van der Waals surface area contributed by atoms with Crippen LogP contribution in [0.3, 0.4) is 0 Å². The quantitative estimate of drug-likeness (QED) is 0.435. The topological polar surface area (TPSA) is 87.5 Å². The maximum atomic E-state index is 13.6. The number of hydrogen-bond donors (Lipinski definition) is 0. The third kappa shape index (κ3) is 5.05. The van der Waals surface area contributed by atoms with Gasteiger partial charge in [0.2, 0.25) is 11.8 Å². The Labute approximate surface area is 234 Å². The van der Waals surface area contributed by atoms with Crippen LogP contribution in [-0.4, -0.2) is 63.5 Å². The highest BCUT2D eigenvalue weighted by molar-refractivity contribution is 6.07. The summed E-state index contributed by atoms with van der Waals surface area (Å²) in [6.07, 6.45) is 8.91. The predicted octanol–water partition coefficient (Wildman–Crippen LogP) is 4.59. The second-order valence-corrected chi connectivity index (χ2v) is 11.6. The van der Waals surface area contributed by atoms with Crippen LogP contribution in [0, 0.1) is 18.8 Å². The van der Waals surface area contributed by atoms with E-state index in [-0.39, 0.29) is 36.9 Å². The number of likely N-dealkylation sites (tertiary alicyclic amines) is 1. The summed E-state index contributed by atoms with van der Waals surface area (Å²) in [7, 11) is 1.60. The third-order valence-corrected chi connectivity index (χ3v) is 8.66. The zero-order chi connectivity index (χ0) is 28.0. The minimum atomic E-state index is -0.347. The number of methoxy groups -OCH3 is 1. The number of urea groups is 1. The summed E-state index contributed by atoms with van der Waals surface area (Å²) in [4.78, 5) is 44.2. The summed E-state index contributed by atoms with van der Waals surface area (Å²) >= 11 is 0. The Morgan fingerprint density at radius 2 is 1.93 bits per heavy atom. The first kappa shape index (κ1) is 26.3. The van der Waals surface area contributed by atoms with Crippen LogP contribution in [0.1, 0.15) is 55.7 Å². The van der Waals surface area contributed by atoms with Crippen molar-refractivity contribution in [1.82, 2.24) is 19.4 Å². The molecule has 0 N–H and O–H groups in total. The van der Waals surface area contributed by atoms with Crippen LogP contribution >= 0.6 is 0 Å². The highest BCUT2D eigenvalue weighted by Gasteiger charge is 2.38. The lowest BCUT2D eigenvalue weighted by molar-refractivity contribution is -0.136. The first-order valence-corrected chi connectivity index (χ1v) is 14.3. The van der Waals surface area contributed by atoms with Crippen molar-refractivity contribution in [2.45, 2.75) is 65.0 Å². The van der Waals surface area contributed by atoms with Crippen LogP contribution in [0.2, 0.25) is 0 Å². The summed E-state index contributed by atoms with van der Waals surface area (Å²) in [5.74, 6) is 1.58. The average Bonchev–Trinajstić information content (AvgIpc) is 3.72. The average molecular weight is 544 g/mol. The fourth-order valence-electron chi connectivity index (χ4n) is 6.25. The van der Waals surface area contributed by atoms with Gasteiger partial charge in [-0.1, -0.05) is 12.1 Å². The Bertz CT molecular complexity index is 1460. The van der Waals surface area contributed by atoms with Gasteiger partial charge in [0.25, 0.3) is 0 Å². The van der Waals surface area contributed by atoms with Crippen LogP contribution < -0.4 is 9.64 Å². The summed E-state index contributed by atoms with van der Waals surface area (Å²) in [6, 6.07) is 9.90. The SMILES string of the molecule is COc1cc(C)ccc1CN1C(=O)CCN(c2cnn3ccc(C[C@@H]4CCN(C(=O)C5CC5)[C@@H](C)C4)cc23)C1=O. The van der Waals surface area contributed by atoms with E-state index in [9.17, 15) is 14.4 Å². The molecule has 4 heterocycles. The van der Waals surface area contributed by atoms with E-state index in [0.717, 1.165) is 55.3 Å². The molecule has 3 aliphatic rings. The number of benzene rings is 1. The smallest absolute Gasteiger partial charge is 0.331 e. The Morgan fingerprint density at radius 1 is 1.10 bits per heavy atom. The van der Waals surface area contributed by atoms with Crippen LogP contribution in [0.5, 0.6) is 5.75 Å². The maximum Gasteiger partial charge on any atom is 0.331 e. The molecular formula is C31H37N5O4. The molecule has 1 saturated carbocycles. The van der Waals surface area contributed by atoms with E-state index in [1.165, 1.54) is 10.5 Å². The van der Waals surface area contributed by atoms with Gasteiger partial charge in [-0.2, -0.15) is 5.10 Å². The number of carbonyl (C=O) groups excluding carboxylic acids is 3. The maximum absolute atomic E-state index is 13.6. The number of piperidine rings is 1. The molecule has 1 aliphatic carbocycles. The molecule has 210 valence electrons. The molecule has 2 atom stereocenters. The van der Waals surface area contributed by atoms with Crippen molar-refractivity contribution < 1.29 is 19.1 Å². The van der Waals surface area contributed by atoms with E-state index < -0.39 is 0 Å². The number of amides is 4. The summed E-state index contributed by atoms with van der Waals surface area (Å²) < 4.78 is 7.30. The van der Waals surface area contributed by atoms with Gasteiger partial charge in [-0.05, 0) is 81.2 Å². The van der Waals surface area contributed by atoms with Crippen molar-refractivity contribution >= 4 is 29.0 Å². The van der Waals surface area contributed by atoms with Gasteiger partial charge < -0.3 is 9.64 Å². The van der Waals surface area contributed by atoms with Gasteiger partial charge >= 0.3 is 6.03 Å². The van der Waals surface area contributed by atoms with Crippen LogP contribution in [0.15, 0.2) is 42.7 Å².